The van der Waals surface area contributed by atoms with Crippen LogP contribution in [0.2, 0.25) is 0 Å². The van der Waals surface area contributed by atoms with Crippen molar-refractivity contribution in [1.82, 2.24) is 0 Å². The van der Waals surface area contributed by atoms with E-state index in [1.165, 1.54) is 199 Å². The molecule has 17 nitrogen and oxygen atoms in total. The summed E-state index contributed by atoms with van der Waals surface area (Å²) in [5.41, 5.74) is 0. The Balaban J connectivity index is 5.16. The molecule has 0 amide bonds. The fourth-order valence-corrected chi connectivity index (χ4v) is 13.0. The van der Waals surface area contributed by atoms with Crippen molar-refractivity contribution in [2.45, 2.75) is 407 Å². The van der Waals surface area contributed by atoms with Gasteiger partial charge in [0, 0.05) is 25.7 Å². The first-order chi connectivity index (χ1) is 45.4. The maximum Gasteiger partial charge on any atom is 0.472 e. The Kier molecular flexibility index (Phi) is 65.5. The number of phosphoric acid groups is 2. The second-order valence-corrected chi connectivity index (χ2v) is 30.7. The molecule has 0 saturated carbocycles. The summed E-state index contributed by atoms with van der Waals surface area (Å²) in [5.74, 6) is -0.619. The van der Waals surface area contributed by atoms with Gasteiger partial charge in [-0.1, -0.05) is 337 Å². The molecule has 0 aromatic rings. The van der Waals surface area contributed by atoms with Crippen LogP contribution in [0.4, 0.5) is 0 Å². The molecule has 558 valence electrons. The lowest BCUT2D eigenvalue weighted by molar-refractivity contribution is -0.161. The predicted octanol–water partition coefficient (Wildman–Crippen LogP) is 21.9. The second-order valence-electron chi connectivity index (χ2n) is 27.8. The van der Waals surface area contributed by atoms with E-state index < -0.39 is 97.5 Å². The van der Waals surface area contributed by atoms with Gasteiger partial charge in [-0.15, -0.1) is 0 Å². The smallest absolute Gasteiger partial charge is 0.462 e. The molecule has 3 unspecified atom stereocenters. The number of aliphatic hydroxyl groups excluding tert-OH is 1. The molecule has 0 spiro atoms. The molecule has 0 aliphatic heterocycles. The van der Waals surface area contributed by atoms with Gasteiger partial charge in [0.2, 0.25) is 0 Å². The molecule has 0 aromatic heterocycles. The molecule has 0 radical (unpaired) electrons. The Morgan fingerprint density at radius 2 is 0.543 bits per heavy atom. The minimum absolute atomic E-state index is 0.103. The molecule has 0 aliphatic rings. The lowest BCUT2D eigenvalue weighted by atomic mass is 9.99. The van der Waals surface area contributed by atoms with Crippen molar-refractivity contribution < 1.29 is 80.2 Å². The van der Waals surface area contributed by atoms with Crippen LogP contribution in [-0.4, -0.2) is 96.7 Å². The van der Waals surface area contributed by atoms with E-state index in [0.29, 0.717) is 31.6 Å². The van der Waals surface area contributed by atoms with Crippen LogP contribution in [0.1, 0.15) is 388 Å². The van der Waals surface area contributed by atoms with Crippen molar-refractivity contribution in [1.29, 1.82) is 0 Å². The van der Waals surface area contributed by atoms with Crippen LogP contribution in [-0.2, 0) is 65.4 Å². The first-order valence-corrected chi connectivity index (χ1v) is 42.0. The van der Waals surface area contributed by atoms with Gasteiger partial charge in [-0.3, -0.25) is 37.3 Å². The summed E-state index contributed by atoms with van der Waals surface area (Å²) in [6, 6.07) is 0. The fraction of sp³-hybridized carbons (Fsp3) is 0.947. The van der Waals surface area contributed by atoms with Crippen LogP contribution in [0.5, 0.6) is 0 Å². The maximum absolute atomic E-state index is 13.1. The number of ether oxygens (including phenoxy) is 4. The zero-order chi connectivity index (χ0) is 69.3. The normalized spacial score (nSPS) is 14.3. The number of aliphatic hydroxyl groups is 1. The molecule has 19 heteroatoms. The molecule has 3 N–H and O–H groups in total. The highest BCUT2D eigenvalue weighted by Gasteiger charge is 2.30. The van der Waals surface area contributed by atoms with E-state index in [-0.39, 0.29) is 25.7 Å². The van der Waals surface area contributed by atoms with Gasteiger partial charge in [0.05, 0.1) is 26.4 Å². The number of esters is 4. The van der Waals surface area contributed by atoms with Gasteiger partial charge < -0.3 is 33.8 Å². The SMILES string of the molecule is CCCCCCCCCCCCCCCCCCCCCCCCC(=O)O[C@H](COC(=O)CCCCCCCCCCCCC(C)CC)COP(=O)(O)OC[C@@H](O)COP(=O)(O)OC[C@@H](COC(=O)CCCCCCCCCC)OC(=O)CCCCCCCCCC(C)C. The number of unbranched alkanes of at least 4 members (excludes halogenated alkanes) is 43. The highest BCUT2D eigenvalue weighted by Crippen LogP contribution is 2.45. The summed E-state index contributed by atoms with van der Waals surface area (Å²) in [7, 11) is -9.90. The fourth-order valence-electron chi connectivity index (χ4n) is 11.4. The molecule has 0 fully saturated rings. The van der Waals surface area contributed by atoms with E-state index in [9.17, 15) is 43.2 Å². The number of hydrogen-bond donors (Lipinski definition) is 3. The topological polar surface area (TPSA) is 237 Å². The highest BCUT2D eigenvalue weighted by molar-refractivity contribution is 7.47. The summed E-state index contributed by atoms with van der Waals surface area (Å²) in [6.45, 7) is 9.51. The Morgan fingerprint density at radius 3 is 0.809 bits per heavy atom. The van der Waals surface area contributed by atoms with E-state index in [4.69, 9.17) is 37.0 Å². The molecule has 0 bridgehead atoms. The zero-order valence-corrected chi connectivity index (χ0v) is 63.1. The van der Waals surface area contributed by atoms with Crippen LogP contribution in [0, 0.1) is 11.8 Å². The summed E-state index contributed by atoms with van der Waals surface area (Å²) < 4.78 is 68.3. The summed E-state index contributed by atoms with van der Waals surface area (Å²) in [4.78, 5) is 72.6. The molecule has 6 atom stereocenters. The van der Waals surface area contributed by atoms with Gasteiger partial charge in [-0.2, -0.15) is 0 Å². The largest absolute Gasteiger partial charge is 0.472 e. The number of rotatable bonds is 74. The maximum atomic E-state index is 13.1. The van der Waals surface area contributed by atoms with Gasteiger partial charge in [-0.05, 0) is 37.5 Å². The van der Waals surface area contributed by atoms with Crippen molar-refractivity contribution in [3.63, 3.8) is 0 Å². The monoisotopic (exact) mass is 1380 g/mol. The van der Waals surface area contributed by atoms with Crippen molar-refractivity contribution >= 4 is 39.5 Å². The molecule has 0 aliphatic carbocycles. The molecule has 0 rings (SSSR count). The standard InChI is InChI=1S/C75H146O17P2/c1-7-10-12-14-16-18-19-20-21-22-23-24-25-26-27-28-29-30-35-41-47-53-59-74(79)91-70(64-86-73(78)58-52-46-40-34-32-31-33-38-44-50-56-68(6)9-3)65-89-93(81,82)87-61-69(76)62-88-94(83,84)90-66-71(63-85-72(77)57-51-45-39-17-15-13-11-8-2)92-75(80)60-54-48-42-36-37-43-49-55-67(4)5/h67-71,76H,7-66H2,1-6H3,(H,81,82)(H,83,84)/t68?,69-,70-,71-/m1/s1. The van der Waals surface area contributed by atoms with E-state index in [1.54, 1.807) is 0 Å². The Bertz CT molecular complexity index is 1820. The second kappa shape index (κ2) is 66.9. The minimum Gasteiger partial charge on any atom is -0.462 e. The highest BCUT2D eigenvalue weighted by atomic mass is 31.2. The molecule has 0 heterocycles. The lowest BCUT2D eigenvalue weighted by Crippen LogP contribution is -2.30. The van der Waals surface area contributed by atoms with Crippen LogP contribution in [0.3, 0.4) is 0 Å². The average molecular weight is 1380 g/mol. The summed E-state index contributed by atoms with van der Waals surface area (Å²) in [5, 5.41) is 10.6. The first-order valence-electron chi connectivity index (χ1n) is 39.0. The van der Waals surface area contributed by atoms with E-state index in [2.05, 4.69) is 41.5 Å². The van der Waals surface area contributed by atoms with E-state index in [0.717, 1.165) is 102 Å². The van der Waals surface area contributed by atoms with Crippen LogP contribution >= 0.6 is 15.6 Å². The third-order valence-electron chi connectivity index (χ3n) is 17.8. The van der Waals surface area contributed by atoms with Gasteiger partial charge >= 0.3 is 39.5 Å². The Morgan fingerprint density at radius 1 is 0.309 bits per heavy atom. The van der Waals surface area contributed by atoms with Crippen LogP contribution in [0.15, 0.2) is 0 Å². The average Bonchev–Trinajstić information content (AvgIpc) is 1.17. The Hall–Kier alpha value is -1.94. The molecule has 94 heavy (non-hydrogen) atoms. The third kappa shape index (κ3) is 67.3. The predicted molar refractivity (Wildman–Crippen MR) is 381 cm³/mol. The van der Waals surface area contributed by atoms with E-state index in [1.807, 2.05) is 0 Å². The quantitative estimate of drug-likeness (QED) is 0.0222. The number of hydrogen-bond acceptors (Lipinski definition) is 15. The summed E-state index contributed by atoms with van der Waals surface area (Å²) in [6.07, 6.45) is 54.4. The molecular weight excluding hydrogens is 1230 g/mol. The Labute approximate surface area is 575 Å². The molecule has 0 aromatic carbocycles. The van der Waals surface area contributed by atoms with Crippen LogP contribution in [0.25, 0.3) is 0 Å². The van der Waals surface area contributed by atoms with Crippen molar-refractivity contribution in [3.05, 3.63) is 0 Å². The minimum atomic E-state index is -4.96. The third-order valence-corrected chi connectivity index (χ3v) is 19.7. The van der Waals surface area contributed by atoms with E-state index >= 15 is 0 Å². The van der Waals surface area contributed by atoms with Crippen molar-refractivity contribution in [2.75, 3.05) is 39.6 Å². The molecule has 0 saturated heterocycles. The zero-order valence-electron chi connectivity index (χ0n) is 61.3. The lowest BCUT2D eigenvalue weighted by Gasteiger charge is -2.21. The number of carbonyl (C=O) groups is 4. The molecular formula is C75H146O17P2. The first kappa shape index (κ1) is 92.1. The van der Waals surface area contributed by atoms with Gasteiger partial charge in [0.1, 0.15) is 19.3 Å². The number of carbonyl (C=O) groups excluding carboxylic acids is 4. The van der Waals surface area contributed by atoms with Gasteiger partial charge in [0.15, 0.2) is 12.2 Å². The van der Waals surface area contributed by atoms with Crippen molar-refractivity contribution in [3.8, 4) is 0 Å². The van der Waals surface area contributed by atoms with Gasteiger partial charge in [-0.25, -0.2) is 9.13 Å². The van der Waals surface area contributed by atoms with Crippen molar-refractivity contribution in [2.24, 2.45) is 11.8 Å². The van der Waals surface area contributed by atoms with Gasteiger partial charge in [0.25, 0.3) is 0 Å². The van der Waals surface area contributed by atoms with Crippen LogP contribution < -0.4 is 0 Å². The number of phosphoric ester groups is 2. The summed E-state index contributed by atoms with van der Waals surface area (Å²) >= 11 is 0.